The topological polar surface area (TPSA) is 50.4 Å². The molecule has 0 spiro atoms. The standard InChI is InChI=1S/C23H28N2O2S/c1-17-7-5-8-18(15-17)11-14-23(12-3-4-13-23)25-22(28)24-20-10-6-9-19(16-20)21(26)27-2/h5-10,15-16H,3-4,11-14H2,1-2H3,(H2,24,25,28). The van der Waals surface area contributed by atoms with Gasteiger partial charge < -0.3 is 15.4 Å². The zero-order valence-corrected chi connectivity index (χ0v) is 17.4. The number of aryl methyl sites for hydroxylation is 2. The molecule has 4 nitrogen and oxygen atoms in total. The molecular formula is C23H28N2O2S. The Morgan fingerprint density at radius 3 is 2.61 bits per heavy atom. The zero-order valence-electron chi connectivity index (χ0n) is 16.6. The van der Waals surface area contributed by atoms with Crippen molar-refractivity contribution in [2.75, 3.05) is 12.4 Å². The lowest BCUT2D eigenvalue weighted by molar-refractivity contribution is 0.0601. The van der Waals surface area contributed by atoms with Crippen LogP contribution in [0, 0.1) is 6.92 Å². The fraction of sp³-hybridized carbons (Fsp3) is 0.391. The van der Waals surface area contributed by atoms with Crippen LogP contribution in [0.1, 0.15) is 53.6 Å². The van der Waals surface area contributed by atoms with Crippen molar-refractivity contribution in [3.63, 3.8) is 0 Å². The van der Waals surface area contributed by atoms with Crippen LogP contribution in [0.25, 0.3) is 0 Å². The normalized spacial score (nSPS) is 15.1. The fourth-order valence-corrected chi connectivity index (χ4v) is 4.32. The van der Waals surface area contributed by atoms with Crippen LogP contribution in [-0.2, 0) is 11.2 Å². The molecule has 148 valence electrons. The lowest BCUT2D eigenvalue weighted by atomic mass is 9.89. The summed E-state index contributed by atoms with van der Waals surface area (Å²) in [6.07, 6.45) is 6.80. The van der Waals surface area contributed by atoms with E-state index in [0.29, 0.717) is 10.7 Å². The molecule has 28 heavy (non-hydrogen) atoms. The molecule has 1 aliphatic carbocycles. The number of rotatable bonds is 6. The van der Waals surface area contributed by atoms with Gasteiger partial charge in [0.05, 0.1) is 12.7 Å². The Balaban J connectivity index is 1.63. The smallest absolute Gasteiger partial charge is 0.337 e. The summed E-state index contributed by atoms with van der Waals surface area (Å²) in [7, 11) is 1.38. The molecule has 3 rings (SSSR count). The molecule has 2 aromatic rings. The molecule has 1 saturated carbocycles. The first-order valence-electron chi connectivity index (χ1n) is 9.83. The van der Waals surface area contributed by atoms with Crippen molar-refractivity contribution >= 4 is 29.0 Å². The number of nitrogens with one attached hydrogen (secondary N) is 2. The molecule has 0 radical (unpaired) electrons. The molecule has 0 atom stereocenters. The van der Waals surface area contributed by atoms with Crippen LogP contribution in [-0.4, -0.2) is 23.7 Å². The SMILES string of the molecule is COC(=O)c1cccc(NC(=S)NC2(CCc3cccc(C)c3)CCCC2)c1. The lowest BCUT2D eigenvalue weighted by Gasteiger charge is -2.32. The fourth-order valence-electron chi connectivity index (χ4n) is 3.99. The van der Waals surface area contributed by atoms with E-state index >= 15 is 0 Å². The first-order valence-corrected chi connectivity index (χ1v) is 10.2. The van der Waals surface area contributed by atoms with Crippen molar-refractivity contribution in [2.45, 2.75) is 51.0 Å². The van der Waals surface area contributed by atoms with Gasteiger partial charge in [0.1, 0.15) is 0 Å². The average molecular weight is 397 g/mol. The highest BCUT2D eigenvalue weighted by Crippen LogP contribution is 2.34. The highest BCUT2D eigenvalue weighted by Gasteiger charge is 2.34. The summed E-state index contributed by atoms with van der Waals surface area (Å²) in [4.78, 5) is 11.7. The largest absolute Gasteiger partial charge is 0.465 e. The van der Waals surface area contributed by atoms with Gasteiger partial charge in [-0.3, -0.25) is 0 Å². The first kappa shape index (κ1) is 20.3. The summed E-state index contributed by atoms with van der Waals surface area (Å²) in [5.41, 5.74) is 4.00. The predicted molar refractivity (Wildman–Crippen MR) is 118 cm³/mol. The molecule has 2 N–H and O–H groups in total. The molecule has 0 saturated heterocycles. The van der Waals surface area contributed by atoms with Gasteiger partial charge >= 0.3 is 5.97 Å². The van der Waals surface area contributed by atoms with Crippen molar-refractivity contribution in [2.24, 2.45) is 0 Å². The van der Waals surface area contributed by atoms with Crippen molar-refractivity contribution in [3.05, 3.63) is 65.2 Å². The van der Waals surface area contributed by atoms with Crippen LogP contribution in [0.15, 0.2) is 48.5 Å². The molecule has 0 heterocycles. The van der Waals surface area contributed by atoms with E-state index in [1.54, 1.807) is 12.1 Å². The molecule has 2 aromatic carbocycles. The summed E-state index contributed by atoms with van der Waals surface area (Å²) in [5.74, 6) is -0.354. The van der Waals surface area contributed by atoms with Crippen LogP contribution in [0.4, 0.5) is 5.69 Å². The number of methoxy groups -OCH3 is 1. The van der Waals surface area contributed by atoms with Gasteiger partial charge in [-0.05, 0) is 68.6 Å². The maximum absolute atomic E-state index is 11.7. The third-order valence-corrected chi connectivity index (χ3v) is 5.66. The predicted octanol–water partition coefficient (Wildman–Crippen LogP) is 5.01. The Labute approximate surface area is 172 Å². The molecule has 0 amide bonds. The van der Waals surface area contributed by atoms with Gasteiger partial charge in [-0.1, -0.05) is 48.7 Å². The van der Waals surface area contributed by atoms with Crippen LogP contribution in [0.3, 0.4) is 0 Å². The number of benzene rings is 2. The van der Waals surface area contributed by atoms with Gasteiger partial charge in [0.15, 0.2) is 5.11 Å². The number of anilines is 1. The second-order valence-corrected chi connectivity index (χ2v) is 8.04. The van der Waals surface area contributed by atoms with Crippen molar-refractivity contribution < 1.29 is 9.53 Å². The molecule has 0 aromatic heterocycles. The van der Waals surface area contributed by atoms with E-state index < -0.39 is 0 Å². The summed E-state index contributed by atoms with van der Waals surface area (Å²) in [5, 5.41) is 7.43. The summed E-state index contributed by atoms with van der Waals surface area (Å²) in [6.45, 7) is 2.13. The van der Waals surface area contributed by atoms with Crippen molar-refractivity contribution in [3.8, 4) is 0 Å². The van der Waals surface area contributed by atoms with E-state index in [1.165, 1.54) is 31.1 Å². The van der Waals surface area contributed by atoms with Crippen LogP contribution in [0.2, 0.25) is 0 Å². The Morgan fingerprint density at radius 1 is 1.14 bits per heavy atom. The van der Waals surface area contributed by atoms with Gasteiger partial charge in [0, 0.05) is 11.2 Å². The highest BCUT2D eigenvalue weighted by molar-refractivity contribution is 7.80. The highest BCUT2D eigenvalue weighted by atomic mass is 32.1. The van der Waals surface area contributed by atoms with E-state index in [-0.39, 0.29) is 11.5 Å². The van der Waals surface area contributed by atoms with E-state index in [1.807, 2.05) is 12.1 Å². The molecular weight excluding hydrogens is 368 g/mol. The Bertz CT molecular complexity index is 844. The second-order valence-electron chi connectivity index (χ2n) is 7.63. The number of esters is 1. The molecule has 0 unspecified atom stereocenters. The second kappa shape index (κ2) is 9.20. The molecule has 1 aliphatic rings. The number of ether oxygens (including phenoxy) is 1. The molecule has 0 aliphatic heterocycles. The summed E-state index contributed by atoms with van der Waals surface area (Å²) >= 11 is 5.60. The summed E-state index contributed by atoms with van der Waals surface area (Å²) in [6, 6.07) is 15.9. The number of hydrogen-bond donors (Lipinski definition) is 2. The first-order chi connectivity index (χ1) is 13.5. The minimum Gasteiger partial charge on any atom is -0.465 e. The molecule has 5 heteroatoms. The van der Waals surface area contributed by atoms with Crippen LogP contribution in [0.5, 0.6) is 0 Å². The van der Waals surface area contributed by atoms with Gasteiger partial charge in [0.25, 0.3) is 0 Å². The Kier molecular flexibility index (Phi) is 6.68. The third kappa shape index (κ3) is 5.32. The van der Waals surface area contributed by atoms with Crippen LogP contribution < -0.4 is 10.6 Å². The lowest BCUT2D eigenvalue weighted by Crippen LogP contribution is -2.48. The van der Waals surface area contributed by atoms with E-state index in [0.717, 1.165) is 31.4 Å². The summed E-state index contributed by atoms with van der Waals surface area (Å²) < 4.78 is 4.79. The minimum absolute atomic E-state index is 0.0355. The van der Waals surface area contributed by atoms with Gasteiger partial charge in [-0.25, -0.2) is 4.79 Å². The average Bonchev–Trinajstić information content (AvgIpc) is 3.14. The van der Waals surface area contributed by atoms with Gasteiger partial charge in [0.2, 0.25) is 0 Å². The number of carbonyl (C=O) groups excluding carboxylic acids is 1. The maximum atomic E-state index is 11.7. The zero-order chi connectivity index (χ0) is 20.0. The van der Waals surface area contributed by atoms with Crippen molar-refractivity contribution in [1.82, 2.24) is 5.32 Å². The Hall–Kier alpha value is -2.40. The van der Waals surface area contributed by atoms with Gasteiger partial charge in [-0.2, -0.15) is 0 Å². The van der Waals surface area contributed by atoms with E-state index in [4.69, 9.17) is 17.0 Å². The molecule has 0 bridgehead atoms. The number of thiocarbonyl (C=S) groups is 1. The number of carbonyl (C=O) groups is 1. The maximum Gasteiger partial charge on any atom is 0.337 e. The monoisotopic (exact) mass is 396 g/mol. The minimum atomic E-state index is -0.354. The number of hydrogen-bond acceptors (Lipinski definition) is 3. The van der Waals surface area contributed by atoms with Crippen LogP contribution >= 0.6 is 12.2 Å². The third-order valence-electron chi connectivity index (χ3n) is 5.46. The van der Waals surface area contributed by atoms with Gasteiger partial charge in [-0.15, -0.1) is 0 Å². The van der Waals surface area contributed by atoms with Crippen molar-refractivity contribution in [1.29, 1.82) is 0 Å². The molecule has 1 fully saturated rings. The Morgan fingerprint density at radius 2 is 1.89 bits per heavy atom. The quantitative estimate of drug-likeness (QED) is 0.531. The van der Waals surface area contributed by atoms with E-state index in [9.17, 15) is 4.79 Å². The van der Waals surface area contributed by atoms with E-state index in [2.05, 4.69) is 41.8 Å².